The minimum Gasteiger partial charge on any atom is -0.463 e. The summed E-state index contributed by atoms with van der Waals surface area (Å²) in [4.78, 5) is 0. The van der Waals surface area contributed by atoms with Crippen molar-refractivity contribution in [3.05, 3.63) is 30.0 Å². The summed E-state index contributed by atoms with van der Waals surface area (Å²) in [7, 11) is 0. The zero-order valence-electron chi connectivity index (χ0n) is 23.5. The van der Waals surface area contributed by atoms with Gasteiger partial charge >= 0.3 is 0 Å². The molecule has 3 heteroatoms. The number of benzene rings is 1. The molecule has 4 saturated carbocycles. The summed E-state index contributed by atoms with van der Waals surface area (Å²) in [5.41, 5.74) is 15.6. The van der Waals surface area contributed by atoms with E-state index in [2.05, 4.69) is 27.7 Å². The monoisotopic (exact) mass is 492 g/mol. The first kappa shape index (κ1) is 26.0. The maximum atomic E-state index is 6.05. The van der Waals surface area contributed by atoms with Gasteiger partial charge in [-0.25, -0.2) is 0 Å². The van der Waals surface area contributed by atoms with Gasteiger partial charge in [-0.05, 0) is 135 Å². The Labute approximate surface area is 220 Å². The fourth-order valence-electron chi connectivity index (χ4n) is 10.1. The highest BCUT2D eigenvalue weighted by molar-refractivity contribution is 5.70. The van der Waals surface area contributed by atoms with E-state index in [4.69, 9.17) is 16.2 Å². The molecule has 0 amide bonds. The summed E-state index contributed by atoms with van der Waals surface area (Å²) < 4.78 is 5.85. The second-order valence-corrected chi connectivity index (χ2v) is 13.8. The van der Waals surface area contributed by atoms with Crippen LogP contribution in [0.1, 0.15) is 111 Å². The highest BCUT2D eigenvalue weighted by Crippen LogP contribution is 2.68. The molecule has 36 heavy (non-hydrogen) atoms. The molecular weight excluding hydrogens is 440 g/mol. The van der Waals surface area contributed by atoms with Gasteiger partial charge < -0.3 is 16.2 Å². The van der Waals surface area contributed by atoms with Gasteiger partial charge in [-0.3, -0.25) is 0 Å². The quantitative estimate of drug-likeness (QED) is 0.295. The molecule has 2 unspecified atom stereocenters. The van der Waals surface area contributed by atoms with Crippen molar-refractivity contribution in [3.8, 4) is 5.75 Å². The molecular formula is C33H52N2O. The van der Waals surface area contributed by atoms with Crippen molar-refractivity contribution in [2.45, 2.75) is 111 Å². The molecule has 4 aliphatic rings. The van der Waals surface area contributed by atoms with Gasteiger partial charge in [-0.2, -0.15) is 0 Å². The molecule has 0 radical (unpaired) electrons. The fourth-order valence-corrected chi connectivity index (χ4v) is 10.1. The molecule has 0 heterocycles. The molecule has 1 aromatic carbocycles. The number of hydrogen-bond donors (Lipinski definition) is 2. The lowest BCUT2D eigenvalue weighted by atomic mass is 9.44. The van der Waals surface area contributed by atoms with E-state index in [0.717, 1.165) is 41.9 Å². The first-order chi connectivity index (χ1) is 17.2. The number of nitrogens with two attached hydrogens (primary N) is 2. The van der Waals surface area contributed by atoms with Gasteiger partial charge in [0.1, 0.15) is 0 Å². The number of hydrogen-bond acceptors (Lipinski definition) is 3. The molecule has 4 fully saturated rings. The second kappa shape index (κ2) is 10.3. The summed E-state index contributed by atoms with van der Waals surface area (Å²) in [6.45, 7) is 10.2. The zero-order valence-corrected chi connectivity index (χ0v) is 23.5. The number of rotatable bonds is 7. The largest absolute Gasteiger partial charge is 0.463 e. The number of nitrogen functional groups attached to an aromatic ring is 2. The van der Waals surface area contributed by atoms with Gasteiger partial charge in [-0.1, -0.05) is 46.1 Å². The maximum Gasteiger partial charge on any atom is 0.151 e. The maximum absolute atomic E-state index is 6.05. The Morgan fingerprint density at radius 1 is 1.00 bits per heavy atom. The Balaban J connectivity index is 1.16. The topological polar surface area (TPSA) is 61.3 Å². The van der Waals surface area contributed by atoms with E-state index in [1.165, 1.54) is 82.6 Å². The molecule has 3 nitrogen and oxygen atoms in total. The molecule has 4 aliphatic carbocycles. The normalized spacial score (nSPS) is 39.1. The average Bonchev–Trinajstić information content (AvgIpc) is 3.22. The number of ether oxygens (including phenoxy) is 1. The SMILES string of the molecule is CC(=COc1cccc(N)c1N)CCCC(C)[C@H]1CC[C@H]2[C@@H]3CCC4CCCC[C@]4(C)[C@H]3CC[C@]12C. The van der Waals surface area contributed by atoms with Crippen molar-refractivity contribution >= 4 is 11.4 Å². The molecule has 1 aromatic rings. The van der Waals surface area contributed by atoms with E-state index in [1.807, 2.05) is 24.5 Å². The summed E-state index contributed by atoms with van der Waals surface area (Å²) in [5, 5.41) is 0. The lowest BCUT2D eigenvalue weighted by Gasteiger charge is -2.61. The predicted octanol–water partition coefficient (Wildman–Crippen LogP) is 8.99. The number of anilines is 2. The molecule has 0 spiro atoms. The van der Waals surface area contributed by atoms with Crippen LogP contribution < -0.4 is 16.2 Å². The van der Waals surface area contributed by atoms with Gasteiger partial charge in [0.25, 0.3) is 0 Å². The van der Waals surface area contributed by atoms with Crippen molar-refractivity contribution < 1.29 is 4.74 Å². The number of allylic oxidation sites excluding steroid dienone is 1. The van der Waals surface area contributed by atoms with Crippen LogP contribution in [0.15, 0.2) is 30.0 Å². The number of para-hydroxylation sites is 1. The minimum atomic E-state index is 0.528. The molecule has 0 saturated heterocycles. The van der Waals surface area contributed by atoms with Crippen LogP contribution in [0, 0.1) is 46.3 Å². The van der Waals surface area contributed by atoms with E-state index < -0.39 is 0 Å². The number of fused-ring (bicyclic) bond motifs is 5. The second-order valence-electron chi connectivity index (χ2n) is 13.8. The molecule has 0 aliphatic heterocycles. The van der Waals surface area contributed by atoms with Gasteiger partial charge in [0.2, 0.25) is 0 Å². The smallest absolute Gasteiger partial charge is 0.151 e. The van der Waals surface area contributed by atoms with Crippen molar-refractivity contribution in [2.75, 3.05) is 11.5 Å². The van der Waals surface area contributed by atoms with Crippen molar-refractivity contribution in [3.63, 3.8) is 0 Å². The van der Waals surface area contributed by atoms with Crippen LogP contribution in [0.25, 0.3) is 0 Å². The van der Waals surface area contributed by atoms with E-state index >= 15 is 0 Å². The van der Waals surface area contributed by atoms with Crippen LogP contribution in [-0.2, 0) is 0 Å². The Hall–Kier alpha value is -1.64. The van der Waals surface area contributed by atoms with Crippen LogP contribution in [0.4, 0.5) is 11.4 Å². The van der Waals surface area contributed by atoms with Gasteiger partial charge in [-0.15, -0.1) is 0 Å². The van der Waals surface area contributed by atoms with Gasteiger partial charge in [0.15, 0.2) is 5.75 Å². The Morgan fingerprint density at radius 2 is 1.81 bits per heavy atom. The first-order valence-electron chi connectivity index (χ1n) is 15.2. The Kier molecular flexibility index (Phi) is 7.40. The van der Waals surface area contributed by atoms with E-state index in [9.17, 15) is 0 Å². The average molecular weight is 493 g/mol. The third-order valence-electron chi connectivity index (χ3n) is 12.1. The lowest BCUT2D eigenvalue weighted by molar-refractivity contribution is -0.114. The Morgan fingerprint density at radius 3 is 2.64 bits per heavy atom. The fraction of sp³-hybridized carbons (Fsp3) is 0.758. The lowest BCUT2D eigenvalue weighted by Crippen LogP contribution is -2.53. The van der Waals surface area contributed by atoms with Crippen molar-refractivity contribution in [2.24, 2.45) is 46.3 Å². The molecule has 0 aromatic heterocycles. The molecule has 0 bridgehead atoms. The predicted molar refractivity (Wildman–Crippen MR) is 153 cm³/mol. The zero-order chi connectivity index (χ0) is 25.5. The van der Waals surface area contributed by atoms with Gasteiger partial charge in [0.05, 0.1) is 17.6 Å². The van der Waals surface area contributed by atoms with Crippen LogP contribution >= 0.6 is 0 Å². The van der Waals surface area contributed by atoms with E-state index in [-0.39, 0.29) is 0 Å². The third kappa shape index (κ3) is 4.58. The van der Waals surface area contributed by atoms with Crippen LogP contribution in [0.5, 0.6) is 5.75 Å². The third-order valence-corrected chi connectivity index (χ3v) is 12.1. The van der Waals surface area contributed by atoms with Crippen LogP contribution in [-0.4, -0.2) is 0 Å². The molecule has 4 N–H and O–H groups in total. The van der Waals surface area contributed by atoms with Crippen LogP contribution in [0.3, 0.4) is 0 Å². The highest BCUT2D eigenvalue weighted by atomic mass is 16.5. The summed E-state index contributed by atoms with van der Waals surface area (Å²) >= 11 is 0. The molecule has 8 atom stereocenters. The summed E-state index contributed by atoms with van der Waals surface area (Å²) in [6.07, 6.45) is 20.6. The first-order valence-corrected chi connectivity index (χ1v) is 15.2. The summed E-state index contributed by atoms with van der Waals surface area (Å²) in [5.74, 6) is 6.43. The van der Waals surface area contributed by atoms with Crippen molar-refractivity contribution in [1.82, 2.24) is 0 Å². The van der Waals surface area contributed by atoms with Crippen LogP contribution in [0.2, 0.25) is 0 Å². The van der Waals surface area contributed by atoms with E-state index in [0.29, 0.717) is 28.0 Å². The minimum absolute atomic E-state index is 0.528. The van der Waals surface area contributed by atoms with Crippen molar-refractivity contribution in [1.29, 1.82) is 0 Å². The molecule has 5 rings (SSSR count). The highest BCUT2D eigenvalue weighted by Gasteiger charge is 2.60. The van der Waals surface area contributed by atoms with E-state index in [1.54, 1.807) is 0 Å². The molecule has 200 valence electrons. The standard InChI is InChI=1S/C33H52N2O/c1-22(21-36-30-13-8-12-29(34)31(30)35)9-7-10-23(2)26-16-17-27-25-15-14-24-11-5-6-19-32(24,3)28(25)18-20-33(26,27)4/h8,12-13,21,23-28H,5-7,9-11,14-20,34-35H2,1-4H3/t23?,24?,25-,26+,27-,28-,32-,33+/m0/s1. The summed E-state index contributed by atoms with van der Waals surface area (Å²) in [6, 6.07) is 5.57. The van der Waals surface area contributed by atoms with Gasteiger partial charge in [0, 0.05) is 0 Å². The Bertz CT molecular complexity index is 955.